The first-order valence-corrected chi connectivity index (χ1v) is 8.83. The molecule has 0 aliphatic rings. The van der Waals surface area contributed by atoms with Gasteiger partial charge in [-0.25, -0.2) is 0 Å². The van der Waals surface area contributed by atoms with Crippen molar-refractivity contribution in [3.8, 4) is 0 Å². The van der Waals surface area contributed by atoms with Gasteiger partial charge in [-0.3, -0.25) is 0 Å². The van der Waals surface area contributed by atoms with Crippen molar-refractivity contribution in [1.82, 2.24) is 16.0 Å². The summed E-state index contributed by atoms with van der Waals surface area (Å²) in [6, 6.07) is 0. The second-order valence-corrected chi connectivity index (χ2v) is 4.91. The Kier molecular flexibility index (Phi) is 185. The molecule has 0 rings (SSSR count). The highest BCUT2D eigenvalue weighted by atomic mass is 35.5. The van der Waals surface area contributed by atoms with Gasteiger partial charge in [0.1, 0.15) is 0 Å². The van der Waals surface area contributed by atoms with Crippen LogP contribution in [0.4, 0.5) is 0 Å². The first kappa shape index (κ1) is 49.8. The molecule has 3 nitrogen and oxygen atoms in total. The zero-order valence-electron chi connectivity index (χ0n) is 18.4. The first-order chi connectivity index (χ1) is 10.1. The summed E-state index contributed by atoms with van der Waals surface area (Å²) in [6.45, 7) is 8.93. The Morgan fingerprint density at radius 2 is 0.458 bits per heavy atom. The van der Waals surface area contributed by atoms with Crippen molar-refractivity contribution < 1.29 is 0 Å². The predicted octanol–water partition coefficient (Wildman–Crippen LogP) is 5.95. The Hall–Kier alpha value is 0.750. The molecule has 0 aliphatic heterocycles. The van der Waals surface area contributed by atoms with Crippen LogP contribution in [0.2, 0.25) is 0 Å². The topological polar surface area (TPSA) is 36.1 Å². The van der Waals surface area contributed by atoms with Crippen molar-refractivity contribution in [2.75, 3.05) is 42.3 Å². The summed E-state index contributed by atoms with van der Waals surface area (Å²) < 4.78 is 0. The van der Waals surface area contributed by atoms with E-state index in [2.05, 4.69) is 43.6 Å². The lowest BCUT2D eigenvalue weighted by Gasteiger charge is -1.86. The molecule has 0 aromatic carbocycles. The summed E-state index contributed by atoms with van der Waals surface area (Å²) in [5, 5.41) is 8.25. The van der Waals surface area contributed by atoms with Gasteiger partial charge < -0.3 is 16.0 Å². The molecular formula is C18H52Cl3N3. The minimum Gasteiger partial charge on any atom is -0.323 e. The van der Waals surface area contributed by atoms with E-state index in [4.69, 9.17) is 0 Å². The van der Waals surface area contributed by atoms with Gasteiger partial charge in [0.2, 0.25) is 0 Å². The van der Waals surface area contributed by atoms with E-state index in [0.29, 0.717) is 0 Å². The highest BCUT2D eigenvalue weighted by Crippen LogP contribution is 1.95. The Morgan fingerprint density at radius 1 is 0.375 bits per heavy atom. The summed E-state index contributed by atoms with van der Waals surface area (Å²) >= 11 is 0. The van der Waals surface area contributed by atoms with E-state index in [1.807, 2.05) is 42.3 Å². The summed E-state index contributed by atoms with van der Waals surface area (Å²) in [7, 11) is 11.2. The van der Waals surface area contributed by atoms with Crippen LogP contribution in [0, 0.1) is 0 Å². The summed E-state index contributed by atoms with van der Waals surface area (Å²) in [5.74, 6) is 0. The minimum absolute atomic E-state index is 0. The van der Waals surface area contributed by atoms with Gasteiger partial charge in [0.05, 0.1) is 0 Å². The van der Waals surface area contributed by atoms with Crippen LogP contribution in [0.25, 0.3) is 0 Å². The van der Waals surface area contributed by atoms with Gasteiger partial charge in [-0.15, -0.1) is 37.2 Å². The van der Waals surface area contributed by atoms with Gasteiger partial charge in [0.15, 0.2) is 0 Å². The fraction of sp³-hybridized carbons (Fsp3) is 1.00. The summed E-state index contributed by atoms with van der Waals surface area (Å²) in [6.07, 6.45) is 11.1. The Morgan fingerprint density at radius 3 is 0.500 bits per heavy atom. The zero-order valence-corrected chi connectivity index (χ0v) is 20.8. The van der Waals surface area contributed by atoms with E-state index in [1.54, 1.807) is 0 Å². The van der Waals surface area contributed by atoms with Gasteiger partial charge in [-0.1, -0.05) is 79.1 Å². The molecule has 0 saturated carbocycles. The molecule has 6 heteroatoms. The molecule has 160 valence electrons. The van der Waals surface area contributed by atoms with Crippen LogP contribution < -0.4 is 16.0 Å². The third-order valence-electron chi connectivity index (χ3n) is 1.91. The van der Waals surface area contributed by atoms with Crippen LogP contribution in [-0.2, 0) is 0 Å². The van der Waals surface area contributed by atoms with Gasteiger partial charge in [-0.2, -0.15) is 0 Å². The zero-order chi connectivity index (χ0) is 17.8. The molecular weight excluding hydrogens is 365 g/mol. The van der Waals surface area contributed by atoms with E-state index < -0.39 is 0 Å². The molecule has 0 radical (unpaired) electrons. The number of rotatable bonds is 6. The maximum Gasteiger partial charge on any atom is -0.0167 e. The van der Waals surface area contributed by atoms with Crippen LogP contribution in [0.1, 0.15) is 79.1 Å². The van der Waals surface area contributed by atoms with Crippen LogP contribution in [-0.4, -0.2) is 42.3 Å². The minimum atomic E-state index is 0. The van der Waals surface area contributed by atoms with E-state index in [-0.39, 0.29) is 37.2 Å². The molecule has 0 bridgehead atoms. The van der Waals surface area contributed by atoms with E-state index in [1.165, 1.54) is 51.4 Å². The molecule has 0 saturated heterocycles. The molecule has 0 heterocycles. The van der Waals surface area contributed by atoms with Crippen molar-refractivity contribution in [3.63, 3.8) is 0 Å². The monoisotopic (exact) mass is 415 g/mol. The molecule has 0 aromatic heterocycles. The molecule has 0 spiro atoms. The SMILES string of the molecule is CCCCCC.CCCCCC.CNC.CNC.CNC.Cl.Cl.Cl. The van der Waals surface area contributed by atoms with Crippen molar-refractivity contribution in [3.05, 3.63) is 0 Å². The maximum atomic E-state index is 2.75. The van der Waals surface area contributed by atoms with Gasteiger partial charge in [-0.05, 0) is 42.3 Å². The number of hydrogen-bond donors (Lipinski definition) is 3. The van der Waals surface area contributed by atoms with Gasteiger partial charge in [0.25, 0.3) is 0 Å². The Balaban J connectivity index is -0.0000000224. The van der Waals surface area contributed by atoms with Crippen molar-refractivity contribution in [1.29, 1.82) is 0 Å². The molecule has 0 atom stereocenters. The molecule has 0 unspecified atom stereocenters. The average molecular weight is 417 g/mol. The van der Waals surface area contributed by atoms with E-state index in [9.17, 15) is 0 Å². The summed E-state index contributed by atoms with van der Waals surface area (Å²) in [5.41, 5.74) is 0. The predicted molar refractivity (Wildman–Crippen MR) is 126 cm³/mol. The molecule has 0 amide bonds. The lowest BCUT2D eigenvalue weighted by atomic mass is 10.2. The highest BCUT2D eigenvalue weighted by molar-refractivity contribution is 5.86. The Bertz CT molecular complexity index is 80.8. The van der Waals surface area contributed by atoms with E-state index >= 15 is 0 Å². The van der Waals surface area contributed by atoms with Crippen molar-refractivity contribution in [2.45, 2.75) is 79.1 Å². The molecule has 24 heavy (non-hydrogen) atoms. The standard InChI is InChI=1S/2C6H14.3C2H7N.3ClH/c2*1-3-5-6-4-2;3*1-3-2;;;/h2*3-6H2,1-2H3;3*3H,1-2H3;3*1H. The lowest BCUT2D eigenvalue weighted by Crippen LogP contribution is -1.89. The molecule has 3 N–H and O–H groups in total. The third kappa shape index (κ3) is 236. The first-order valence-electron chi connectivity index (χ1n) is 8.83. The fourth-order valence-electron chi connectivity index (χ4n) is 1.000. The number of unbranched alkanes of at least 4 members (excludes halogenated alkanes) is 6. The second kappa shape index (κ2) is 89.0. The number of nitrogens with one attached hydrogen (secondary N) is 3. The molecule has 0 aromatic rings. The Labute approximate surface area is 174 Å². The maximum absolute atomic E-state index is 2.75. The van der Waals surface area contributed by atoms with Gasteiger partial charge >= 0.3 is 0 Å². The van der Waals surface area contributed by atoms with Crippen LogP contribution >= 0.6 is 37.2 Å². The van der Waals surface area contributed by atoms with Crippen molar-refractivity contribution >= 4 is 37.2 Å². The number of halogens is 3. The summed E-state index contributed by atoms with van der Waals surface area (Å²) in [4.78, 5) is 0. The number of hydrogen-bond acceptors (Lipinski definition) is 3. The van der Waals surface area contributed by atoms with Crippen LogP contribution in [0.15, 0.2) is 0 Å². The fourth-order valence-corrected chi connectivity index (χ4v) is 1.000. The largest absolute Gasteiger partial charge is 0.323 e. The lowest BCUT2D eigenvalue weighted by molar-refractivity contribution is 0.702. The van der Waals surface area contributed by atoms with Gasteiger partial charge in [0, 0.05) is 0 Å². The normalized spacial score (nSPS) is 6.75. The van der Waals surface area contributed by atoms with E-state index in [0.717, 1.165) is 0 Å². The quantitative estimate of drug-likeness (QED) is 0.468. The highest BCUT2D eigenvalue weighted by Gasteiger charge is 1.75. The smallest absolute Gasteiger partial charge is 0.0167 e. The van der Waals surface area contributed by atoms with Crippen LogP contribution in [0.3, 0.4) is 0 Å². The molecule has 0 fully saturated rings. The molecule has 0 aliphatic carbocycles. The second-order valence-electron chi connectivity index (χ2n) is 4.91. The average Bonchev–Trinajstić information content (AvgIpc) is 2.46. The van der Waals surface area contributed by atoms with Crippen molar-refractivity contribution in [2.24, 2.45) is 0 Å². The van der Waals surface area contributed by atoms with Crippen LogP contribution in [0.5, 0.6) is 0 Å². The third-order valence-corrected chi connectivity index (χ3v) is 1.91.